The van der Waals surface area contributed by atoms with Gasteiger partial charge in [0, 0.05) is 5.33 Å². The van der Waals surface area contributed by atoms with Crippen LogP contribution < -0.4 is 4.74 Å². The van der Waals surface area contributed by atoms with Crippen molar-refractivity contribution < 1.29 is 36.2 Å². The van der Waals surface area contributed by atoms with Gasteiger partial charge in [-0.3, -0.25) is 0 Å². The summed E-state index contributed by atoms with van der Waals surface area (Å²) in [6, 6.07) is 0. The first-order chi connectivity index (χ1) is 8.06. The molecule has 3 nitrogen and oxygen atoms in total. The van der Waals surface area contributed by atoms with Crippen molar-refractivity contribution in [3.63, 3.8) is 0 Å². The Morgan fingerprint density at radius 2 is 1.78 bits per heavy atom. The molecule has 1 rings (SSSR count). The molecule has 0 aromatic carbocycles. The highest BCUT2D eigenvalue weighted by molar-refractivity contribution is 9.08. The number of ether oxygens (including phenoxy) is 1. The van der Waals surface area contributed by atoms with Gasteiger partial charge in [-0.2, -0.15) is 13.2 Å². The highest BCUT2D eigenvalue weighted by Crippen LogP contribution is 2.41. The van der Waals surface area contributed by atoms with E-state index >= 15 is 0 Å². The second kappa shape index (κ2) is 4.82. The summed E-state index contributed by atoms with van der Waals surface area (Å²) in [6.45, 7) is 0. The normalized spacial score (nSPS) is 12.6. The van der Waals surface area contributed by atoms with Gasteiger partial charge in [0.2, 0.25) is 0 Å². The number of hydrogen-bond donors (Lipinski definition) is 1. The summed E-state index contributed by atoms with van der Waals surface area (Å²) in [5, 5.41) is 8.78. The van der Waals surface area contributed by atoms with Crippen LogP contribution in [-0.2, 0) is 11.5 Å². The Morgan fingerprint density at radius 1 is 1.22 bits per heavy atom. The quantitative estimate of drug-likeness (QED) is 0.661. The first kappa shape index (κ1) is 14.9. The van der Waals surface area contributed by atoms with Crippen molar-refractivity contribution >= 4 is 15.9 Å². The fourth-order valence-corrected chi connectivity index (χ4v) is 1.61. The van der Waals surface area contributed by atoms with Crippen LogP contribution in [0.1, 0.15) is 11.3 Å². The summed E-state index contributed by atoms with van der Waals surface area (Å²) in [4.78, 5) is 2.72. The summed E-state index contributed by atoms with van der Waals surface area (Å²) in [7, 11) is 0. The molecule has 0 fully saturated rings. The van der Waals surface area contributed by atoms with Gasteiger partial charge < -0.3 is 9.84 Å². The molecule has 0 unspecified atom stereocenters. The first-order valence-electron chi connectivity index (χ1n) is 4.16. The van der Waals surface area contributed by atoms with Crippen LogP contribution in [0, 0.1) is 0 Å². The Morgan fingerprint density at radius 3 is 2.17 bits per heavy atom. The molecule has 10 heteroatoms. The Balaban J connectivity index is 3.30. The third-order valence-electron chi connectivity index (χ3n) is 1.75. The highest BCUT2D eigenvalue weighted by Gasteiger charge is 2.39. The molecule has 0 aliphatic rings. The van der Waals surface area contributed by atoms with Gasteiger partial charge in [0.15, 0.2) is 17.2 Å². The van der Waals surface area contributed by atoms with Gasteiger partial charge in [-0.05, 0) is 0 Å². The van der Waals surface area contributed by atoms with Crippen LogP contribution in [0.2, 0.25) is 0 Å². The zero-order valence-electron chi connectivity index (χ0n) is 8.23. The van der Waals surface area contributed by atoms with E-state index in [0.717, 1.165) is 0 Å². The molecule has 0 spiro atoms. The third-order valence-corrected chi connectivity index (χ3v) is 2.31. The minimum Gasteiger partial charge on any atom is -0.505 e. The molecule has 0 saturated carbocycles. The number of nitrogens with zero attached hydrogens (tertiary/aromatic N) is 1. The standard InChI is InChI=1S/C8H4BrF6NO2/c9-1-3-4(18-8(13,14)15)2-16-6(5(3)17)7(10,11)12/h2,17H,1H2. The number of halogens is 7. The maximum Gasteiger partial charge on any atom is 0.573 e. The molecule has 0 bridgehead atoms. The fraction of sp³-hybridized carbons (Fsp3) is 0.375. The van der Waals surface area contributed by atoms with Crippen LogP contribution in [0.3, 0.4) is 0 Å². The monoisotopic (exact) mass is 339 g/mol. The van der Waals surface area contributed by atoms with Gasteiger partial charge in [0.05, 0.1) is 11.8 Å². The lowest BCUT2D eigenvalue weighted by Crippen LogP contribution is -2.19. The van der Waals surface area contributed by atoms with Crippen LogP contribution in [-0.4, -0.2) is 16.5 Å². The lowest BCUT2D eigenvalue weighted by atomic mass is 10.2. The van der Waals surface area contributed by atoms with E-state index in [4.69, 9.17) is 0 Å². The number of hydrogen-bond acceptors (Lipinski definition) is 3. The molecule has 0 radical (unpaired) electrons. The molecule has 0 aliphatic carbocycles. The van der Waals surface area contributed by atoms with Crippen LogP contribution >= 0.6 is 15.9 Å². The summed E-state index contributed by atoms with van der Waals surface area (Å²) >= 11 is 2.67. The molecule has 0 amide bonds. The molecule has 18 heavy (non-hydrogen) atoms. The maximum absolute atomic E-state index is 12.3. The van der Waals surface area contributed by atoms with Crippen LogP contribution in [0.4, 0.5) is 26.3 Å². The summed E-state index contributed by atoms with van der Waals surface area (Å²) in [5.41, 5.74) is -2.36. The van der Waals surface area contributed by atoms with E-state index in [2.05, 4.69) is 25.7 Å². The molecule has 0 aliphatic heterocycles. The second-order valence-corrected chi connectivity index (χ2v) is 3.54. The number of aromatic nitrogens is 1. The maximum atomic E-state index is 12.3. The van der Waals surface area contributed by atoms with Crippen molar-refractivity contribution in [3.8, 4) is 11.5 Å². The van der Waals surface area contributed by atoms with E-state index in [9.17, 15) is 31.4 Å². The number of pyridine rings is 1. The van der Waals surface area contributed by atoms with E-state index in [1.54, 1.807) is 0 Å². The van der Waals surface area contributed by atoms with Crippen molar-refractivity contribution in [3.05, 3.63) is 17.5 Å². The summed E-state index contributed by atoms with van der Waals surface area (Å²) < 4.78 is 76.3. The van der Waals surface area contributed by atoms with Gasteiger partial charge in [-0.25, -0.2) is 4.98 Å². The van der Waals surface area contributed by atoms with Crippen molar-refractivity contribution in [2.45, 2.75) is 17.9 Å². The Hall–Kier alpha value is -1.19. The smallest absolute Gasteiger partial charge is 0.505 e. The van der Waals surface area contributed by atoms with Crippen LogP contribution in [0.5, 0.6) is 11.5 Å². The van der Waals surface area contributed by atoms with E-state index in [1.165, 1.54) is 0 Å². The zero-order chi connectivity index (χ0) is 14.1. The number of aromatic hydroxyl groups is 1. The minimum absolute atomic E-state index is 0.257. The molecule has 1 aromatic heterocycles. The van der Waals surface area contributed by atoms with E-state index < -0.39 is 40.6 Å². The largest absolute Gasteiger partial charge is 0.573 e. The second-order valence-electron chi connectivity index (χ2n) is 2.98. The topological polar surface area (TPSA) is 42.4 Å². The molecule has 0 atom stereocenters. The fourth-order valence-electron chi connectivity index (χ4n) is 1.07. The van der Waals surface area contributed by atoms with Crippen molar-refractivity contribution in [2.24, 2.45) is 0 Å². The van der Waals surface area contributed by atoms with Crippen LogP contribution in [0.25, 0.3) is 0 Å². The molecular weight excluding hydrogens is 336 g/mol. The van der Waals surface area contributed by atoms with E-state index in [1.807, 2.05) is 0 Å². The van der Waals surface area contributed by atoms with Gasteiger partial charge in [0.1, 0.15) is 0 Å². The zero-order valence-corrected chi connectivity index (χ0v) is 9.82. The average Bonchev–Trinajstić information content (AvgIpc) is 2.13. The summed E-state index contributed by atoms with van der Waals surface area (Å²) in [5.74, 6) is -2.40. The molecule has 102 valence electrons. The predicted octanol–water partition coefficient (Wildman–Crippen LogP) is 3.60. The molecular formula is C8H4BrF6NO2. The van der Waals surface area contributed by atoms with Gasteiger partial charge >= 0.3 is 12.5 Å². The molecule has 0 saturated heterocycles. The van der Waals surface area contributed by atoms with E-state index in [-0.39, 0.29) is 6.20 Å². The molecule has 1 heterocycles. The van der Waals surface area contributed by atoms with Crippen molar-refractivity contribution in [2.75, 3.05) is 0 Å². The van der Waals surface area contributed by atoms with Gasteiger partial charge in [0.25, 0.3) is 0 Å². The predicted molar refractivity (Wildman–Crippen MR) is 50.2 cm³/mol. The lowest BCUT2D eigenvalue weighted by molar-refractivity contribution is -0.275. The minimum atomic E-state index is -5.09. The lowest BCUT2D eigenvalue weighted by Gasteiger charge is -2.15. The average molecular weight is 340 g/mol. The SMILES string of the molecule is Oc1c(C(F)(F)F)ncc(OC(F)(F)F)c1CBr. The van der Waals surface area contributed by atoms with Gasteiger partial charge in [-0.1, -0.05) is 15.9 Å². The van der Waals surface area contributed by atoms with Crippen LogP contribution in [0.15, 0.2) is 6.20 Å². The molecule has 1 N–H and O–H groups in total. The third kappa shape index (κ3) is 3.40. The highest BCUT2D eigenvalue weighted by atomic mass is 79.9. The van der Waals surface area contributed by atoms with Gasteiger partial charge in [-0.15, -0.1) is 13.2 Å². The van der Waals surface area contributed by atoms with Crippen molar-refractivity contribution in [1.29, 1.82) is 0 Å². The van der Waals surface area contributed by atoms with E-state index in [0.29, 0.717) is 0 Å². The summed E-state index contributed by atoms with van der Waals surface area (Å²) in [6.07, 6.45) is -9.81. The number of alkyl halides is 7. The first-order valence-corrected chi connectivity index (χ1v) is 5.28. The Labute approximate surface area is 105 Å². The number of rotatable bonds is 2. The molecule has 1 aromatic rings. The Kier molecular flexibility index (Phi) is 3.99. The van der Waals surface area contributed by atoms with Crippen molar-refractivity contribution in [1.82, 2.24) is 4.98 Å². The Bertz CT molecular complexity index is 444.